The molecule has 0 aliphatic heterocycles. The Morgan fingerprint density at radius 1 is 1.62 bits per heavy atom. The van der Waals surface area contributed by atoms with Crippen LogP contribution < -0.4 is 5.73 Å². The second-order valence-electron chi connectivity index (χ2n) is 2.98. The molecule has 0 atom stereocenters. The van der Waals surface area contributed by atoms with Gasteiger partial charge in [-0.25, -0.2) is 4.98 Å². The van der Waals surface area contributed by atoms with Gasteiger partial charge in [0.05, 0.1) is 12.1 Å². The van der Waals surface area contributed by atoms with Crippen molar-refractivity contribution in [2.24, 2.45) is 5.73 Å². The van der Waals surface area contributed by atoms with E-state index in [0.29, 0.717) is 6.54 Å². The zero-order chi connectivity index (χ0) is 9.42. The molecule has 0 amide bonds. The first-order valence-corrected chi connectivity index (χ1v) is 4.85. The summed E-state index contributed by atoms with van der Waals surface area (Å²) in [6.45, 7) is 2.51. The number of nitrogens with zero attached hydrogens (tertiary/aromatic N) is 2. The molecular weight excluding hydrogens is 230 g/mol. The summed E-state index contributed by atoms with van der Waals surface area (Å²) in [4.78, 5) is 4.30. The molecule has 2 N–H and O–H groups in total. The number of halogens is 1. The summed E-state index contributed by atoms with van der Waals surface area (Å²) in [5, 5.41) is 0. The number of fused-ring (bicyclic) bond motifs is 1. The number of pyridine rings is 1. The lowest BCUT2D eigenvalue weighted by Crippen LogP contribution is -2.02. The van der Waals surface area contributed by atoms with Crippen LogP contribution in [0.1, 0.15) is 11.4 Å². The van der Waals surface area contributed by atoms with Gasteiger partial charge in [0.15, 0.2) is 0 Å². The van der Waals surface area contributed by atoms with E-state index >= 15 is 0 Å². The number of hydrogen-bond donors (Lipinski definition) is 1. The van der Waals surface area contributed by atoms with Gasteiger partial charge >= 0.3 is 0 Å². The van der Waals surface area contributed by atoms with Gasteiger partial charge in [0, 0.05) is 6.20 Å². The fourth-order valence-electron chi connectivity index (χ4n) is 1.36. The van der Waals surface area contributed by atoms with E-state index in [1.165, 1.54) is 5.56 Å². The highest BCUT2D eigenvalue weighted by atomic mass is 79.9. The molecule has 0 fully saturated rings. The van der Waals surface area contributed by atoms with Crippen molar-refractivity contribution >= 4 is 21.4 Å². The highest BCUT2D eigenvalue weighted by molar-refractivity contribution is 9.10. The molecule has 0 saturated heterocycles. The van der Waals surface area contributed by atoms with Crippen LogP contribution in [0.3, 0.4) is 0 Å². The minimum absolute atomic E-state index is 0.454. The summed E-state index contributed by atoms with van der Waals surface area (Å²) in [5.41, 5.74) is 7.85. The fraction of sp³-hybridized carbons (Fsp3) is 0.222. The van der Waals surface area contributed by atoms with Crippen LogP contribution in [0, 0.1) is 6.92 Å². The van der Waals surface area contributed by atoms with Crippen molar-refractivity contribution in [1.29, 1.82) is 0 Å². The summed E-state index contributed by atoms with van der Waals surface area (Å²) in [7, 11) is 0. The first kappa shape index (κ1) is 8.72. The average molecular weight is 240 g/mol. The Balaban J connectivity index is 2.80. The second kappa shape index (κ2) is 3.12. The maximum atomic E-state index is 5.56. The molecule has 2 rings (SSSR count). The number of hydrogen-bond acceptors (Lipinski definition) is 2. The van der Waals surface area contributed by atoms with E-state index in [4.69, 9.17) is 5.73 Å². The van der Waals surface area contributed by atoms with E-state index in [0.717, 1.165) is 15.9 Å². The third-order valence-electron chi connectivity index (χ3n) is 2.01. The summed E-state index contributed by atoms with van der Waals surface area (Å²) in [5.74, 6) is 0.877. The van der Waals surface area contributed by atoms with Crippen LogP contribution >= 0.6 is 15.9 Å². The molecule has 4 heteroatoms. The number of aromatic nitrogens is 2. The predicted octanol–water partition coefficient (Wildman–Crippen LogP) is 1.86. The maximum Gasteiger partial charge on any atom is 0.132 e. The van der Waals surface area contributed by atoms with E-state index in [2.05, 4.69) is 33.9 Å². The molecule has 2 aromatic heterocycles. The highest BCUT2D eigenvalue weighted by Gasteiger charge is 2.06. The zero-order valence-electron chi connectivity index (χ0n) is 7.29. The van der Waals surface area contributed by atoms with Gasteiger partial charge in [-0.1, -0.05) is 0 Å². The van der Waals surface area contributed by atoms with Crippen molar-refractivity contribution < 1.29 is 0 Å². The van der Waals surface area contributed by atoms with Crippen molar-refractivity contribution in [2.45, 2.75) is 13.5 Å². The average Bonchev–Trinajstić information content (AvgIpc) is 2.43. The monoisotopic (exact) mass is 239 g/mol. The van der Waals surface area contributed by atoms with Gasteiger partial charge in [0.25, 0.3) is 0 Å². The van der Waals surface area contributed by atoms with E-state index in [9.17, 15) is 0 Å². The van der Waals surface area contributed by atoms with Crippen molar-refractivity contribution in [3.8, 4) is 0 Å². The standard InChI is InChI=1S/C9H10BrN3/c1-6-2-3-13-7(4-6)9(10)12-8(13)5-11/h2-4H,5,11H2,1H3. The fourth-order valence-corrected chi connectivity index (χ4v) is 1.87. The SMILES string of the molecule is Cc1ccn2c(CN)nc(Br)c2c1. The van der Waals surface area contributed by atoms with Crippen molar-refractivity contribution in [2.75, 3.05) is 0 Å². The lowest BCUT2D eigenvalue weighted by Gasteiger charge is -1.98. The zero-order valence-corrected chi connectivity index (χ0v) is 8.87. The molecule has 0 unspecified atom stereocenters. The van der Waals surface area contributed by atoms with Crippen LogP contribution in [0.15, 0.2) is 22.9 Å². The summed E-state index contributed by atoms with van der Waals surface area (Å²) in [6, 6.07) is 4.12. The minimum Gasteiger partial charge on any atom is -0.324 e. The molecular formula is C9H10BrN3. The molecule has 0 spiro atoms. The Morgan fingerprint density at radius 2 is 2.38 bits per heavy atom. The molecule has 0 aliphatic rings. The van der Waals surface area contributed by atoms with Crippen LogP contribution in [0.4, 0.5) is 0 Å². The number of nitrogens with two attached hydrogens (primary N) is 1. The topological polar surface area (TPSA) is 43.3 Å². The Morgan fingerprint density at radius 3 is 3.08 bits per heavy atom. The number of imidazole rings is 1. The van der Waals surface area contributed by atoms with Crippen LogP contribution in [0.5, 0.6) is 0 Å². The Labute approximate surface area is 84.7 Å². The Kier molecular flexibility index (Phi) is 2.09. The largest absolute Gasteiger partial charge is 0.324 e. The first-order chi connectivity index (χ1) is 6.22. The van der Waals surface area contributed by atoms with E-state index < -0.39 is 0 Å². The van der Waals surface area contributed by atoms with Gasteiger partial charge in [-0.3, -0.25) is 0 Å². The highest BCUT2D eigenvalue weighted by Crippen LogP contribution is 2.19. The Hall–Kier alpha value is -0.870. The lowest BCUT2D eigenvalue weighted by atomic mass is 10.3. The van der Waals surface area contributed by atoms with Crippen LogP contribution in [-0.4, -0.2) is 9.38 Å². The maximum absolute atomic E-state index is 5.56. The van der Waals surface area contributed by atoms with E-state index in [1.54, 1.807) is 0 Å². The van der Waals surface area contributed by atoms with Gasteiger partial charge < -0.3 is 10.1 Å². The predicted molar refractivity (Wildman–Crippen MR) is 55.5 cm³/mol. The summed E-state index contributed by atoms with van der Waals surface area (Å²) < 4.78 is 2.86. The van der Waals surface area contributed by atoms with Gasteiger partial charge in [-0.2, -0.15) is 0 Å². The molecule has 0 bridgehead atoms. The van der Waals surface area contributed by atoms with E-state index in [1.807, 2.05) is 16.7 Å². The normalized spacial score (nSPS) is 11.0. The number of rotatable bonds is 1. The first-order valence-electron chi connectivity index (χ1n) is 4.05. The quantitative estimate of drug-likeness (QED) is 0.826. The van der Waals surface area contributed by atoms with Gasteiger partial charge in [0.1, 0.15) is 10.4 Å². The van der Waals surface area contributed by atoms with Crippen LogP contribution in [-0.2, 0) is 6.54 Å². The van der Waals surface area contributed by atoms with Gasteiger partial charge in [-0.15, -0.1) is 0 Å². The molecule has 13 heavy (non-hydrogen) atoms. The van der Waals surface area contributed by atoms with Crippen LogP contribution in [0.2, 0.25) is 0 Å². The molecule has 2 aromatic rings. The molecule has 0 aliphatic carbocycles. The lowest BCUT2D eigenvalue weighted by molar-refractivity contribution is 0.900. The van der Waals surface area contributed by atoms with E-state index in [-0.39, 0.29) is 0 Å². The van der Waals surface area contributed by atoms with Gasteiger partial charge in [0.2, 0.25) is 0 Å². The molecule has 0 saturated carbocycles. The summed E-state index contributed by atoms with van der Waals surface area (Å²) >= 11 is 3.41. The minimum atomic E-state index is 0.454. The Bertz CT molecular complexity index is 447. The second-order valence-corrected chi connectivity index (χ2v) is 3.73. The van der Waals surface area contributed by atoms with Crippen molar-refractivity contribution in [3.63, 3.8) is 0 Å². The molecule has 0 aromatic carbocycles. The molecule has 3 nitrogen and oxygen atoms in total. The molecule has 0 radical (unpaired) electrons. The third-order valence-corrected chi connectivity index (χ3v) is 2.59. The van der Waals surface area contributed by atoms with Gasteiger partial charge in [-0.05, 0) is 40.5 Å². The van der Waals surface area contributed by atoms with Crippen molar-refractivity contribution in [3.05, 3.63) is 34.3 Å². The smallest absolute Gasteiger partial charge is 0.132 e. The van der Waals surface area contributed by atoms with Crippen molar-refractivity contribution in [1.82, 2.24) is 9.38 Å². The number of aryl methyl sites for hydroxylation is 1. The van der Waals surface area contributed by atoms with Crippen LogP contribution in [0.25, 0.3) is 5.52 Å². The summed E-state index contributed by atoms with van der Waals surface area (Å²) in [6.07, 6.45) is 1.99. The molecule has 2 heterocycles. The third kappa shape index (κ3) is 1.36. The molecule has 68 valence electrons.